The zero-order valence-corrected chi connectivity index (χ0v) is 17.1. The molecule has 1 heterocycles. The highest BCUT2D eigenvalue weighted by molar-refractivity contribution is 6.30. The van der Waals surface area contributed by atoms with E-state index >= 15 is 0 Å². The molecule has 0 aliphatic heterocycles. The Morgan fingerprint density at radius 3 is 2.52 bits per heavy atom. The van der Waals surface area contributed by atoms with Crippen LogP contribution < -0.4 is 4.74 Å². The Morgan fingerprint density at radius 1 is 1.03 bits per heavy atom. The number of hydrogen-bond donors (Lipinski definition) is 0. The summed E-state index contributed by atoms with van der Waals surface area (Å²) < 4.78 is 7.37. The summed E-state index contributed by atoms with van der Waals surface area (Å²) in [4.78, 5) is 11.8. The summed E-state index contributed by atoms with van der Waals surface area (Å²) in [7, 11) is 0. The number of esters is 1. The SMILES string of the molecule is CC(=O)Oc1c(-c2ccc(Cl)cc2)c(C)nn1CCc1cccc2ccccc12. The lowest BCUT2D eigenvalue weighted by atomic mass is 10.0. The maximum atomic E-state index is 11.8. The third-order valence-corrected chi connectivity index (χ3v) is 5.18. The van der Waals surface area contributed by atoms with Crippen LogP contribution in [0.1, 0.15) is 18.2 Å². The van der Waals surface area contributed by atoms with Crippen molar-refractivity contribution in [1.82, 2.24) is 9.78 Å². The summed E-state index contributed by atoms with van der Waals surface area (Å²) in [5.74, 6) is 0.101. The average Bonchev–Trinajstić information content (AvgIpc) is 3.01. The van der Waals surface area contributed by atoms with Crippen molar-refractivity contribution in [3.63, 3.8) is 0 Å². The number of fused-ring (bicyclic) bond motifs is 1. The van der Waals surface area contributed by atoms with Crippen molar-refractivity contribution >= 4 is 28.3 Å². The minimum absolute atomic E-state index is 0.369. The van der Waals surface area contributed by atoms with Gasteiger partial charge in [0.15, 0.2) is 0 Å². The molecule has 0 fully saturated rings. The van der Waals surface area contributed by atoms with Crippen molar-refractivity contribution in [2.24, 2.45) is 0 Å². The Kier molecular flexibility index (Phi) is 5.36. The number of halogens is 1. The molecule has 0 bridgehead atoms. The maximum Gasteiger partial charge on any atom is 0.309 e. The zero-order valence-electron chi connectivity index (χ0n) is 16.4. The molecule has 29 heavy (non-hydrogen) atoms. The van der Waals surface area contributed by atoms with Gasteiger partial charge in [-0.05, 0) is 47.4 Å². The van der Waals surface area contributed by atoms with Gasteiger partial charge in [0.1, 0.15) is 0 Å². The lowest BCUT2D eigenvalue weighted by Crippen LogP contribution is -2.11. The van der Waals surface area contributed by atoms with Crippen LogP contribution in [-0.4, -0.2) is 15.7 Å². The van der Waals surface area contributed by atoms with Gasteiger partial charge in [0.2, 0.25) is 5.88 Å². The summed E-state index contributed by atoms with van der Waals surface area (Å²) in [6.45, 7) is 3.93. The van der Waals surface area contributed by atoms with Gasteiger partial charge in [0.25, 0.3) is 0 Å². The third-order valence-electron chi connectivity index (χ3n) is 4.93. The first-order valence-corrected chi connectivity index (χ1v) is 9.89. The predicted octanol–water partition coefficient (Wildman–Crippen LogP) is 5.83. The second-order valence-corrected chi connectivity index (χ2v) is 7.41. The zero-order chi connectivity index (χ0) is 20.4. The number of aromatic nitrogens is 2. The Hall–Kier alpha value is -3.11. The fourth-order valence-corrected chi connectivity index (χ4v) is 3.76. The van der Waals surface area contributed by atoms with Gasteiger partial charge < -0.3 is 4.74 Å². The largest absolute Gasteiger partial charge is 0.407 e. The summed E-state index contributed by atoms with van der Waals surface area (Å²) in [6.07, 6.45) is 0.775. The van der Waals surface area contributed by atoms with Gasteiger partial charge in [-0.15, -0.1) is 0 Å². The van der Waals surface area contributed by atoms with Crippen molar-refractivity contribution in [1.29, 1.82) is 0 Å². The highest BCUT2D eigenvalue weighted by Gasteiger charge is 2.20. The van der Waals surface area contributed by atoms with E-state index in [2.05, 4.69) is 35.4 Å². The molecule has 0 amide bonds. The molecule has 5 heteroatoms. The first-order valence-electron chi connectivity index (χ1n) is 9.51. The second-order valence-electron chi connectivity index (χ2n) is 6.98. The average molecular weight is 405 g/mol. The van der Waals surface area contributed by atoms with E-state index in [1.165, 1.54) is 23.3 Å². The van der Waals surface area contributed by atoms with Crippen molar-refractivity contribution in [3.05, 3.63) is 83.0 Å². The molecule has 4 aromatic rings. The monoisotopic (exact) mass is 404 g/mol. The predicted molar refractivity (Wildman–Crippen MR) is 116 cm³/mol. The summed E-state index contributed by atoms with van der Waals surface area (Å²) in [5.41, 5.74) is 3.77. The molecule has 1 aromatic heterocycles. The van der Waals surface area contributed by atoms with Crippen molar-refractivity contribution in [2.75, 3.05) is 0 Å². The van der Waals surface area contributed by atoms with Crippen LogP contribution >= 0.6 is 11.6 Å². The molecular formula is C24H21ClN2O2. The normalized spacial score (nSPS) is 11.0. The van der Waals surface area contributed by atoms with Gasteiger partial charge in [-0.3, -0.25) is 4.79 Å². The van der Waals surface area contributed by atoms with E-state index in [0.29, 0.717) is 17.4 Å². The van der Waals surface area contributed by atoms with Gasteiger partial charge in [0.05, 0.1) is 11.3 Å². The molecule has 0 aliphatic carbocycles. The molecular weight excluding hydrogens is 384 g/mol. The standard InChI is InChI=1S/C24H21ClN2O2/c1-16-23(20-10-12-21(25)13-11-20)24(29-17(2)28)27(26-16)15-14-19-8-5-7-18-6-3-4-9-22(18)19/h3-13H,14-15H2,1-2H3. The van der Waals surface area contributed by atoms with Crippen molar-refractivity contribution in [3.8, 4) is 17.0 Å². The topological polar surface area (TPSA) is 44.1 Å². The van der Waals surface area contributed by atoms with E-state index in [4.69, 9.17) is 16.3 Å². The van der Waals surface area contributed by atoms with Crippen LogP contribution in [0.15, 0.2) is 66.7 Å². The number of rotatable bonds is 5. The molecule has 4 rings (SSSR count). The van der Waals surface area contributed by atoms with E-state index in [1.807, 2.05) is 43.3 Å². The number of benzene rings is 3. The molecule has 0 N–H and O–H groups in total. The number of nitrogens with zero attached hydrogens (tertiary/aromatic N) is 2. The first kappa shape index (κ1) is 19.2. The highest BCUT2D eigenvalue weighted by atomic mass is 35.5. The van der Waals surface area contributed by atoms with Gasteiger partial charge in [-0.2, -0.15) is 5.10 Å². The van der Waals surface area contributed by atoms with Gasteiger partial charge in [-0.25, -0.2) is 4.68 Å². The Balaban J connectivity index is 1.70. The molecule has 0 saturated heterocycles. The lowest BCUT2D eigenvalue weighted by Gasteiger charge is -2.11. The van der Waals surface area contributed by atoms with Crippen LogP contribution in [0.2, 0.25) is 5.02 Å². The minimum Gasteiger partial charge on any atom is -0.407 e. The molecule has 0 saturated carbocycles. The number of aryl methyl sites for hydroxylation is 3. The molecule has 0 spiro atoms. The molecule has 0 unspecified atom stereocenters. The van der Waals surface area contributed by atoms with Crippen LogP contribution in [-0.2, 0) is 17.8 Å². The molecule has 3 aromatic carbocycles. The van der Waals surface area contributed by atoms with Crippen LogP contribution in [0.3, 0.4) is 0 Å². The fourth-order valence-electron chi connectivity index (χ4n) is 3.64. The second kappa shape index (κ2) is 8.10. The van der Waals surface area contributed by atoms with E-state index in [1.54, 1.807) is 4.68 Å². The van der Waals surface area contributed by atoms with E-state index in [9.17, 15) is 4.79 Å². The molecule has 0 atom stereocenters. The number of carbonyl (C=O) groups is 1. The lowest BCUT2D eigenvalue weighted by molar-refractivity contribution is -0.132. The maximum absolute atomic E-state index is 11.8. The number of carbonyl (C=O) groups excluding carboxylic acids is 1. The summed E-state index contributed by atoms with van der Waals surface area (Å²) in [6, 6.07) is 22.1. The molecule has 146 valence electrons. The first-order chi connectivity index (χ1) is 14.0. The Morgan fingerprint density at radius 2 is 1.76 bits per heavy atom. The Bertz CT molecular complexity index is 1170. The fraction of sp³-hybridized carbons (Fsp3) is 0.167. The van der Waals surface area contributed by atoms with Crippen LogP contribution in [0.25, 0.3) is 21.9 Å². The minimum atomic E-state index is -0.369. The molecule has 0 aliphatic rings. The smallest absolute Gasteiger partial charge is 0.309 e. The number of ether oxygens (including phenoxy) is 1. The quantitative estimate of drug-likeness (QED) is 0.393. The van der Waals surface area contributed by atoms with Crippen molar-refractivity contribution < 1.29 is 9.53 Å². The van der Waals surface area contributed by atoms with Gasteiger partial charge in [0, 0.05) is 18.5 Å². The van der Waals surface area contributed by atoms with E-state index < -0.39 is 0 Å². The summed E-state index contributed by atoms with van der Waals surface area (Å²) in [5, 5.41) is 7.76. The van der Waals surface area contributed by atoms with Gasteiger partial charge >= 0.3 is 5.97 Å². The van der Waals surface area contributed by atoms with E-state index in [-0.39, 0.29) is 5.97 Å². The third kappa shape index (κ3) is 4.03. The van der Waals surface area contributed by atoms with Crippen LogP contribution in [0.4, 0.5) is 0 Å². The van der Waals surface area contributed by atoms with Crippen LogP contribution in [0.5, 0.6) is 5.88 Å². The molecule has 4 nitrogen and oxygen atoms in total. The highest BCUT2D eigenvalue weighted by Crippen LogP contribution is 2.34. The number of hydrogen-bond acceptors (Lipinski definition) is 3. The van der Waals surface area contributed by atoms with Crippen LogP contribution in [0, 0.1) is 6.92 Å². The Labute approximate surface area is 174 Å². The van der Waals surface area contributed by atoms with Gasteiger partial charge in [-0.1, -0.05) is 66.2 Å². The van der Waals surface area contributed by atoms with E-state index in [0.717, 1.165) is 23.2 Å². The van der Waals surface area contributed by atoms with Crippen molar-refractivity contribution in [2.45, 2.75) is 26.8 Å². The summed E-state index contributed by atoms with van der Waals surface area (Å²) >= 11 is 6.03. The molecule has 0 radical (unpaired) electrons.